The molecule has 0 radical (unpaired) electrons. The smallest absolute Gasteiger partial charge is 0.189 e. The summed E-state index contributed by atoms with van der Waals surface area (Å²) in [6.45, 7) is 3.09. The van der Waals surface area contributed by atoms with Crippen LogP contribution in [0.1, 0.15) is 36.3 Å². The molecule has 1 aliphatic heterocycles. The lowest BCUT2D eigenvalue weighted by molar-refractivity contribution is -0.0171. The van der Waals surface area contributed by atoms with Crippen LogP contribution in [0, 0.1) is 0 Å². The summed E-state index contributed by atoms with van der Waals surface area (Å²) >= 11 is 6.13. The molecule has 0 spiro atoms. The molecule has 1 aliphatic rings. The van der Waals surface area contributed by atoms with Gasteiger partial charge in [0.1, 0.15) is 11.4 Å². The highest BCUT2D eigenvalue weighted by molar-refractivity contribution is 6.30. The molecule has 1 aromatic carbocycles. The average molecular weight is 310 g/mol. The second-order valence-corrected chi connectivity index (χ2v) is 5.37. The lowest BCUT2D eigenvalue weighted by Crippen LogP contribution is -2.14. The van der Waals surface area contributed by atoms with E-state index < -0.39 is 6.10 Å². The van der Waals surface area contributed by atoms with E-state index in [4.69, 9.17) is 21.1 Å². The summed E-state index contributed by atoms with van der Waals surface area (Å²) in [5, 5.41) is 18.4. The van der Waals surface area contributed by atoms with E-state index in [1.54, 1.807) is 10.9 Å². The highest BCUT2D eigenvalue weighted by Gasteiger charge is 2.17. The number of nitrogens with zero attached hydrogens (tertiary/aromatic N) is 3. The summed E-state index contributed by atoms with van der Waals surface area (Å²) in [5.41, 5.74) is 2.42. The molecule has 2 aromatic rings. The highest BCUT2D eigenvalue weighted by atomic mass is 35.5. The molecule has 0 saturated carbocycles. The highest BCUT2D eigenvalue weighted by Crippen LogP contribution is 2.32. The summed E-state index contributed by atoms with van der Waals surface area (Å²) in [4.78, 5) is 0. The Morgan fingerprint density at radius 2 is 2.33 bits per heavy atom. The molecule has 21 heavy (non-hydrogen) atoms. The van der Waals surface area contributed by atoms with Crippen LogP contribution in [0.25, 0.3) is 0 Å². The fourth-order valence-electron chi connectivity index (χ4n) is 2.30. The lowest BCUT2D eigenvalue weighted by atomic mass is 10.1. The van der Waals surface area contributed by atoms with Gasteiger partial charge in [-0.15, -0.1) is 5.10 Å². The van der Waals surface area contributed by atoms with Crippen molar-refractivity contribution in [1.29, 1.82) is 0 Å². The van der Waals surface area contributed by atoms with Crippen LogP contribution < -0.4 is 4.74 Å². The zero-order valence-corrected chi connectivity index (χ0v) is 12.4. The van der Waals surface area contributed by atoms with Gasteiger partial charge in [-0.05, 0) is 18.6 Å². The van der Waals surface area contributed by atoms with Gasteiger partial charge in [0, 0.05) is 16.1 Å². The van der Waals surface area contributed by atoms with E-state index in [9.17, 15) is 5.11 Å². The number of aliphatic hydroxyl groups excluding tert-OH is 1. The van der Waals surface area contributed by atoms with Crippen molar-refractivity contribution in [2.45, 2.75) is 32.6 Å². The summed E-state index contributed by atoms with van der Waals surface area (Å²) < 4.78 is 12.5. The van der Waals surface area contributed by atoms with Gasteiger partial charge in [0.05, 0.1) is 25.5 Å². The monoisotopic (exact) mass is 309 g/mol. The number of fused-ring (bicyclic) bond motifs is 1. The van der Waals surface area contributed by atoms with Crippen LogP contribution in [0.2, 0.25) is 5.02 Å². The first-order chi connectivity index (χ1) is 10.2. The summed E-state index contributed by atoms with van der Waals surface area (Å²) in [6.07, 6.45) is 1.75. The van der Waals surface area contributed by atoms with E-state index in [1.165, 1.54) is 0 Å². The Morgan fingerprint density at radius 1 is 1.48 bits per heavy atom. The van der Waals surface area contributed by atoms with Gasteiger partial charge in [-0.2, -0.15) is 0 Å². The molecule has 0 saturated heterocycles. The van der Waals surface area contributed by atoms with Gasteiger partial charge in [0.15, 0.2) is 6.79 Å². The molecule has 0 bridgehead atoms. The molecule has 7 heteroatoms. The van der Waals surface area contributed by atoms with E-state index in [1.807, 2.05) is 19.1 Å². The second-order valence-electron chi connectivity index (χ2n) is 4.93. The Hall–Kier alpha value is -1.63. The Balaban J connectivity index is 1.87. The molecule has 0 amide bonds. The Labute approximate surface area is 127 Å². The van der Waals surface area contributed by atoms with Crippen molar-refractivity contribution in [2.24, 2.45) is 0 Å². The minimum atomic E-state index is -0.586. The topological polar surface area (TPSA) is 69.4 Å². The summed E-state index contributed by atoms with van der Waals surface area (Å²) in [5.74, 6) is 0.790. The summed E-state index contributed by atoms with van der Waals surface area (Å²) in [7, 11) is 0. The molecule has 1 atom stereocenters. The van der Waals surface area contributed by atoms with Crippen molar-refractivity contribution in [3.05, 3.63) is 40.2 Å². The number of halogens is 1. The standard InChI is InChI=1S/C14H16ClN3O3/c1-2-13(19)12-6-18(17-16-12)5-9-3-11(15)4-10-7-20-8-21-14(9)10/h3-4,6,13,19H,2,5,7-8H2,1H3. The largest absolute Gasteiger partial charge is 0.467 e. The van der Waals surface area contributed by atoms with E-state index in [2.05, 4.69) is 10.3 Å². The molecule has 2 heterocycles. The predicted octanol–water partition coefficient (Wildman–Crippen LogP) is 2.29. The van der Waals surface area contributed by atoms with Crippen molar-refractivity contribution >= 4 is 11.6 Å². The molecule has 1 N–H and O–H groups in total. The molecule has 3 rings (SSSR count). The molecular formula is C14H16ClN3O3. The molecule has 6 nitrogen and oxygen atoms in total. The minimum absolute atomic E-state index is 0.235. The third-order valence-corrected chi connectivity index (χ3v) is 3.59. The number of hydrogen-bond donors (Lipinski definition) is 1. The van der Waals surface area contributed by atoms with Crippen molar-refractivity contribution in [1.82, 2.24) is 15.0 Å². The summed E-state index contributed by atoms with van der Waals surface area (Å²) in [6, 6.07) is 3.69. The number of aliphatic hydroxyl groups is 1. The van der Waals surface area contributed by atoms with Crippen LogP contribution in [0.3, 0.4) is 0 Å². The first kappa shape index (κ1) is 14.3. The second kappa shape index (κ2) is 6.01. The number of benzene rings is 1. The maximum Gasteiger partial charge on any atom is 0.189 e. The Bertz CT molecular complexity index is 644. The lowest BCUT2D eigenvalue weighted by Gasteiger charge is -2.21. The van der Waals surface area contributed by atoms with Gasteiger partial charge in [0.25, 0.3) is 0 Å². The maximum absolute atomic E-state index is 9.77. The van der Waals surface area contributed by atoms with Crippen LogP contribution in [0.5, 0.6) is 5.75 Å². The molecule has 0 aliphatic carbocycles. The number of aromatic nitrogens is 3. The fourth-order valence-corrected chi connectivity index (χ4v) is 2.56. The molecule has 1 aromatic heterocycles. The van der Waals surface area contributed by atoms with Crippen molar-refractivity contribution in [3.8, 4) is 5.75 Å². The molecular weight excluding hydrogens is 294 g/mol. The van der Waals surface area contributed by atoms with E-state index in [0.29, 0.717) is 30.3 Å². The third kappa shape index (κ3) is 3.02. The van der Waals surface area contributed by atoms with Gasteiger partial charge in [-0.3, -0.25) is 0 Å². The van der Waals surface area contributed by atoms with Crippen LogP contribution in [-0.2, 0) is 17.9 Å². The van der Waals surface area contributed by atoms with Gasteiger partial charge in [-0.1, -0.05) is 23.7 Å². The Morgan fingerprint density at radius 3 is 3.14 bits per heavy atom. The average Bonchev–Trinajstić information content (AvgIpc) is 2.95. The normalized spacial score (nSPS) is 15.4. The zero-order chi connectivity index (χ0) is 14.8. The molecule has 1 unspecified atom stereocenters. The van der Waals surface area contributed by atoms with Crippen molar-refractivity contribution in [3.63, 3.8) is 0 Å². The van der Waals surface area contributed by atoms with Gasteiger partial charge < -0.3 is 14.6 Å². The molecule has 0 fully saturated rings. The Kier molecular flexibility index (Phi) is 4.10. The van der Waals surface area contributed by atoms with Crippen LogP contribution in [0.4, 0.5) is 0 Å². The van der Waals surface area contributed by atoms with Crippen molar-refractivity contribution < 1.29 is 14.6 Å². The first-order valence-electron chi connectivity index (χ1n) is 6.77. The number of rotatable bonds is 4. The third-order valence-electron chi connectivity index (χ3n) is 3.37. The van der Waals surface area contributed by atoms with E-state index >= 15 is 0 Å². The minimum Gasteiger partial charge on any atom is -0.467 e. The number of hydrogen-bond acceptors (Lipinski definition) is 5. The first-order valence-corrected chi connectivity index (χ1v) is 7.15. The number of ether oxygens (including phenoxy) is 2. The van der Waals surface area contributed by atoms with Crippen LogP contribution >= 0.6 is 11.6 Å². The SMILES string of the molecule is CCC(O)c1cn(Cc2cc(Cl)cc3c2OCOC3)nn1. The van der Waals surface area contributed by atoms with Crippen LogP contribution in [0.15, 0.2) is 18.3 Å². The maximum atomic E-state index is 9.77. The fraction of sp³-hybridized carbons (Fsp3) is 0.429. The van der Waals surface area contributed by atoms with Crippen LogP contribution in [-0.4, -0.2) is 26.9 Å². The predicted molar refractivity (Wildman–Crippen MR) is 76.1 cm³/mol. The van der Waals surface area contributed by atoms with Gasteiger partial charge in [0.2, 0.25) is 0 Å². The van der Waals surface area contributed by atoms with Gasteiger partial charge in [-0.25, -0.2) is 4.68 Å². The van der Waals surface area contributed by atoms with Crippen molar-refractivity contribution in [2.75, 3.05) is 6.79 Å². The van der Waals surface area contributed by atoms with E-state index in [0.717, 1.165) is 16.9 Å². The zero-order valence-electron chi connectivity index (χ0n) is 11.6. The molecule has 112 valence electrons. The quantitative estimate of drug-likeness (QED) is 0.938. The van der Waals surface area contributed by atoms with Gasteiger partial charge >= 0.3 is 0 Å². The van der Waals surface area contributed by atoms with E-state index in [-0.39, 0.29) is 6.79 Å².